The SMILES string of the molecule is CNCCn1nnnc1SCC(C)O. The van der Waals surface area contributed by atoms with Gasteiger partial charge in [0.05, 0.1) is 12.6 Å². The van der Waals surface area contributed by atoms with Gasteiger partial charge in [-0.3, -0.25) is 0 Å². The number of aliphatic hydroxyl groups is 1. The normalized spacial score (nSPS) is 13.1. The first-order chi connectivity index (χ1) is 6.74. The summed E-state index contributed by atoms with van der Waals surface area (Å²) in [5.74, 6) is 0.611. The first-order valence-corrected chi connectivity index (χ1v) is 5.44. The summed E-state index contributed by atoms with van der Waals surface area (Å²) >= 11 is 1.46. The summed E-state index contributed by atoms with van der Waals surface area (Å²) in [5.41, 5.74) is 0. The van der Waals surface area contributed by atoms with Crippen molar-refractivity contribution in [3.63, 3.8) is 0 Å². The minimum Gasteiger partial charge on any atom is -0.393 e. The molecule has 0 bridgehead atoms. The molecule has 0 fully saturated rings. The van der Waals surface area contributed by atoms with E-state index >= 15 is 0 Å². The van der Waals surface area contributed by atoms with Crippen molar-refractivity contribution >= 4 is 11.8 Å². The minimum atomic E-state index is -0.338. The molecule has 1 atom stereocenters. The predicted octanol–water partition coefficient (Wildman–Crippen LogP) is -0.635. The Balaban J connectivity index is 2.45. The second-order valence-electron chi connectivity index (χ2n) is 2.95. The first kappa shape index (κ1) is 11.4. The maximum atomic E-state index is 9.11. The van der Waals surface area contributed by atoms with Crippen LogP contribution < -0.4 is 5.32 Å². The third-order valence-corrected chi connectivity index (χ3v) is 2.73. The summed E-state index contributed by atoms with van der Waals surface area (Å²) in [6, 6.07) is 0. The second-order valence-corrected chi connectivity index (χ2v) is 3.94. The molecule has 0 saturated heterocycles. The highest BCUT2D eigenvalue weighted by molar-refractivity contribution is 7.99. The molecule has 1 rings (SSSR count). The van der Waals surface area contributed by atoms with E-state index in [1.165, 1.54) is 11.8 Å². The van der Waals surface area contributed by atoms with E-state index in [1.807, 2.05) is 7.05 Å². The maximum absolute atomic E-state index is 9.11. The first-order valence-electron chi connectivity index (χ1n) is 4.45. The predicted molar refractivity (Wildman–Crippen MR) is 54.1 cm³/mol. The van der Waals surface area contributed by atoms with Crippen molar-refractivity contribution in [2.24, 2.45) is 0 Å². The molecule has 2 N–H and O–H groups in total. The van der Waals surface area contributed by atoms with Gasteiger partial charge in [-0.05, 0) is 24.4 Å². The summed E-state index contributed by atoms with van der Waals surface area (Å²) in [4.78, 5) is 0. The molecule has 80 valence electrons. The number of aliphatic hydroxyl groups excluding tert-OH is 1. The standard InChI is InChI=1S/C7H15N5OS/c1-6(13)5-14-7-9-10-11-12(7)4-3-8-2/h6,8,13H,3-5H2,1-2H3. The molecular weight excluding hydrogens is 202 g/mol. The van der Waals surface area contributed by atoms with E-state index in [2.05, 4.69) is 20.8 Å². The lowest BCUT2D eigenvalue weighted by atomic mass is 10.5. The van der Waals surface area contributed by atoms with E-state index in [0.717, 1.165) is 18.2 Å². The molecule has 1 aromatic rings. The summed E-state index contributed by atoms with van der Waals surface area (Å²) in [6.07, 6.45) is -0.338. The van der Waals surface area contributed by atoms with Gasteiger partial charge < -0.3 is 10.4 Å². The second kappa shape index (κ2) is 5.94. The maximum Gasteiger partial charge on any atom is 0.209 e. The Bertz CT molecular complexity index is 264. The molecule has 0 aliphatic carbocycles. The van der Waals surface area contributed by atoms with Crippen molar-refractivity contribution in [2.75, 3.05) is 19.3 Å². The zero-order valence-corrected chi connectivity index (χ0v) is 9.16. The van der Waals surface area contributed by atoms with Gasteiger partial charge in [0.15, 0.2) is 0 Å². The average molecular weight is 217 g/mol. The number of thioether (sulfide) groups is 1. The summed E-state index contributed by atoms with van der Waals surface area (Å²) in [5, 5.41) is 24.2. The Hall–Kier alpha value is -0.660. The van der Waals surface area contributed by atoms with Crippen molar-refractivity contribution in [2.45, 2.75) is 24.7 Å². The lowest BCUT2D eigenvalue weighted by molar-refractivity contribution is 0.220. The number of likely N-dealkylation sites (N-methyl/N-ethyl adjacent to an activating group) is 1. The van der Waals surface area contributed by atoms with Crippen LogP contribution in [0.2, 0.25) is 0 Å². The van der Waals surface area contributed by atoms with E-state index in [-0.39, 0.29) is 6.10 Å². The molecule has 0 aliphatic heterocycles. The molecule has 0 amide bonds. The van der Waals surface area contributed by atoms with E-state index in [4.69, 9.17) is 5.11 Å². The number of tetrazole rings is 1. The van der Waals surface area contributed by atoms with Crippen LogP contribution in [0.1, 0.15) is 6.92 Å². The van der Waals surface area contributed by atoms with Crippen molar-refractivity contribution in [3.05, 3.63) is 0 Å². The molecule has 0 saturated carbocycles. The van der Waals surface area contributed by atoms with Crippen LogP contribution in [0, 0.1) is 0 Å². The number of hydrogen-bond acceptors (Lipinski definition) is 6. The van der Waals surface area contributed by atoms with Crippen LogP contribution in [-0.2, 0) is 6.54 Å². The minimum absolute atomic E-state index is 0.338. The van der Waals surface area contributed by atoms with Gasteiger partial charge in [-0.15, -0.1) is 5.10 Å². The summed E-state index contributed by atoms with van der Waals surface area (Å²) in [6.45, 7) is 3.31. The molecular formula is C7H15N5OS. The van der Waals surface area contributed by atoms with E-state index < -0.39 is 0 Å². The van der Waals surface area contributed by atoms with E-state index in [9.17, 15) is 0 Å². The molecule has 0 spiro atoms. The molecule has 6 nitrogen and oxygen atoms in total. The summed E-state index contributed by atoms with van der Waals surface area (Å²) in [7, 11) is 1.88. The Morgan fingerprint density at radius 1 is 1.64 bits per heavy atom. The Morgan fingerprint density at radius 3 is 3.07 bits per heavy atom. The fourth-order valence-corrected chi connectivity index (χ4v) is 1.61. The fraction of sp³-hybridized carbons (Fsp3) is 0.857. The van der Waals surface area contributed by atoms with E-state index in [0.29, 0.717) is 5.75 Å². The number of hydrogen-bond donors (Lipinski definition) is 2. The number of nitrogens with zero attached hydrogens (tertiary/aromatic N) is 4. The van der Waals surface area contributed by atoms with Crippen LogP contribution in [0.3, 0.4) is 0 Å². The van der Waals surface area contributed by atoms with Gasteiger partial charge in [0, 0.05) is 12.3 Å². The van der Waals surface area contributed by atoms with Crippen molar-refractivity contribution in [1.82, 2.24) is 25.5 Å². The molecule has 14 heavy (non-hydrogen) atoms. The van der Waals surface area contributed by atoms with Crippen molar-refractivity contribution < 1.29 is 5.11 Å². The number of nitrogens with one attached hydrogen (secondary N) is 1. The quantitative estimate of drug-likeness (QED) is 0.618. The van der Waals surface area contributed by atoms with Gasteiger partial charge in [0.25, 0.3) is 0 Å². The molecule has 7 heteroatoms. The van der Waals surface area contributed by atoms with Crippen molar-refractivity contribution in [3.8, 4) is 0 Å². The third kappa shape index (κ3) is 3.60. The topological polar surface area (TPSA) is 75.9 Å². The van der Waals surface area contributed by atoms with Gasteiger partial charge in [-0.25, -0.2) is 4.68 Å². The van der Waals surface area contributed by atoms with Crippen LogP contribution in [0.15, 0.2) is 5.16 Å². The monoisotopic (exact) mass is 217 g/mol. The molecule has 1 aromatic heterocycles. The Kier molecular flexibility index (Phi) is 4.85. The van der Waals surface area contributed by atoms with Gasteiger partial charge >= 0.3 is 0 Å². The van der Waals surface area contributed by atoms with Crippen LogP contribution in [0.25, 0.3) is 0 Å². The van der Waals surface area contributed by atoms with Crippen LogP contribution in [0.4, 0.5) is 0 Å². The molecule has 1 unspecified atom stereocenters. The van der Waals surface area contributed by atoms with Crippen LogP contribution in [0.5, 0.6) is 0 Å². The molecule has 0 aromatic carbocycles. The Morgan fingerprint density at radius 2 is 2.43 bits per heavy atom. The smallest absolute Gasteiger partial charge is 0.209 e. The van der Waals surface area contributed by atoms with E-state index in [1.54, 1.807) is 11.6 Å². The highest BCUT2D eigenvalue weighted by Crippen LogP contribution is 2.13. The highest BCUT2D eigenvalue weighted by atomic mass is 32.2. The van der Waals surface area contributed by atoms with Crippen LogP contribution in [-0.4, -0.2) is 50.8 Å². The zero-order valence-electron chi connectivity index (χ0n) is 8.34. The molecule has 1 heterocycles. The number of rotatable bonds is 6. The average Bonchev–Trinajstić information content (AvgIpc) is 2.58. The lowest BCUT2D eigenvalue weighted by Crippen LogP contribution is -2.16. The molecule has 0 aliphatic rings. The van der Waals surface area contributed by atoms with Gasteiger partial charge in [0.2, 0.25) is 5.16 Å². The van der Waals surface area contributed by atoms with Gasteiger partial charge in [0.1, 0.15) is 0 Å². The third-order valence-electron chi connectivity index (χ3n) is 1.53. The fourth-order valence-electron chi connectivity index (χ4n) is 0.853. The number of aromatic nitrogens is 4. The largest absolute Gasteiger partial charge is 0.393 e. The Labute approximate surface area is 87.1 Å². The highest BCUT2D eigenvalue weighted by Gasteiger charge is 2.07. The molecule has 0 radical (unpaired) electrons. The van der Waals surface area contributed by atoms with Gasteiger partial charge in [-0.2, -0.15) is 0 Å². The van der Waals surface area contributed by atoms with Crippen molar-refractivity contribution in [1.29, 1.82) is 0 Å². The van der Waals surface area contributed by atoms with Gasteiger partial charge in [-0.1, -0.05) is 11.8 Å². The summed E-state index contributed by atoms with van der Waals surface area (Å²) < 4.78 is 1.73. The lowest BCUT2D eigenvalue weighted by Gasteiger charge is -2.04. The zero-order chi connectivity index (χ0) is 10.4. The van der Waals surface area contributed by atoms with Crippen LogP contribution >= 0.6 is 11.8 Å².